The Morgan fingerprint density at radius 1 is 0.984 bits per heavy atom. The van der Waals surface area contributed by atoms with Gasteiger partial charge in [0, 0.05) is 47.6 Å². The molecule has 2 bridgehead atoms. The second-order valence-corrected chi connectivity index (χ2v) is 26.6. The van der Waals surface area contributed by atoms with Gasteiger partial charge in [-0.25, -0.2) is 23.8 Å². The number of hydrogen-bond donors (Lipinski definition) is 0. The first-order valence-corrected chi connectivity index (χ1v) is 26.6. The summed E-state index contributed by atoms with van der Waals surface area (Å²) in [6, 6.07) is 7.66. The van der Waals surface area contributed by atoms with E-state index in [1.807, 2.05) is 55.1 Å². The maximum Gasteiger partial charge on any atom is 0.410 e. The number of halogens is 1. The Labute approximate surface area is 373 Å². The Balaban J connectivity index is 1.28. The van der Waals surface area contributed by atoms with Crippen LogP contribution in [0, 0.1) is 17.3 Å². The van der Waals surface area contributed by atoms with E-state index in [1.165, 1.54) is 11.8 Å². The van der Waals surface area contributed by atoms with Gasteiger partial charge in [0.1, 0.15) is 30.1 Å². The number of pyridine rings is 1. The average molecular weight is 892 g/mol. The normalized spacial score (nSPS) is 19.8. The van der Waals surface area contributed by atoms with Gasteiger partial charge in [-0.3, -0.25) is 9.88 Å². The van der Waals surface area contributed by atoms with E-state index in [0.717, 1.165) is 91.2 Å². The summed E-state index contributed by atoms with van der Waals surface area (Å²) in [7, 11) is -2.24. The lowest BCUT2D eigenvalue weighted by Crippen LogP contribution is -2.57. The highest BCUT2D eigenvalue weighted by molar-refractivity contribution is 7.98. The SMILES string of the molecule is CSc1nc(N2C[C@H]3CC[C@@H](C2)N3C(=O)OC(C)(C)C)c2c(n1)sc1c(-c3c4cnn(C5CCCCO5)c4cc4ccc(F)c(C#C[Si](C(C)C)(C(C)C)C(C)C)c34)nccc12. The maximum atomic E-state index is 16.7. The van der Waals surface area contributed by atoms with Crippen molar-refractivity contribution in [2.45, 2.75) is 140 Å². The molecule has 0 radical (unpaired) electrons. The second-order valence-electron chi connectivity index (χ2n) is 19.3. The van der Waals surface area contributed by atoms with Crippen molar-refractivity contribution >= 4 is 85.1 Å². The van der Waals surface area contributed by atoms with Crippen LogP contribution in [-0.2, 0) is 9.47 Å². The molecule has 1 unspecified atom stereocenters. The van der Waals surface area contributed by atoms with E-state index in [1.54, 1.807) is 17.4 Å². The van der Waals surface area contributed by atoms with Gasteiger partial charge in [-0.1, -0.05) is 65.3 Å². The van der Waals surface area contributed by atoms with E-state index >= 15 is 4.39 Å². The van der Waals surface area contributed by atoms with E-state index in [-0.39, 0.29) is 30.2 Å². The standard InChI is InChI=1S/C48H58FN7O3S2Si/c1-27(2)62(28(3)4,29(5)6)22-19-33-36(49)17-14-30-23-37-35(24-51-56(37)38-13-11-12-21-58-38)40(39(30)33)42-43-34(18-20-50-42)41-44(52-46(60-10)53-45(41)61-43)54-25-31-15-16-32(26-54)55(31)47(57)59-48(7,8)9/h14,17-18,20,23-24,27-29,31-32,38H,11-13,15-16,21,25-26H2,1-10H3/t31-,32+,38?. The molecule has 3 aliphatic heterocycles. The summed E-state index contributed by atoms with van der Waals surface area (Å²) in [5.74, 6) is 4.08. The van der Waals surface area contributed by atoms with Crippen LogP contribution in [0.25, 0.3) is 53.2 Å². The average Bonchev–Trinajstić information content (AvgIpc) is 3.91. The fourth-order valence-electron chi connectivity index (χ4n) is 10.8. The van der Waals surface area contributed by atoms with Gasteiger partial charge in [0.2, 0.25) is 0 Å². The third-order valence-electron chi connectivity index (χ3n) is 13.5. The number of hydrogen-bond acceptors (Lipinski definition) is 10. The molecule has 3 saturated heterocycles. The van der Waals surface area contributed by atoms with Crippen molar-refractivity contribution < 1.29 is 18.7 Å². The summed E-state index contributed by atoms with van der Waals surface area (Å²) in [6.07, 6.45) is 10.1. The number of fused-ring (bicyclic) bond motifs is 7. The van der Waals surface area contributed by atoms with Gasteiger partial charge >= 0.3 is 6.09 Å². The van der Waals surface area contributed by atoms with Crippen molar-refractivity contribution in [1.29, 1.82) is 0 Å². The van der Waals surface area contributed by atoms with Gasteiger partial charge in [-0.05, 0) is 99.3 Å². The van der Waals surface area contributed by atoms with Crippen LogP contribution in [0.4, 0.5) is 15.0 Å². The van der Waals surface area contributed by atoms with Crippen molar-refractivity contribution in [2.75, 3.05) is 30.9 Å². The molecule has 14 heteroatoms. The molecule has 3 atom stereocenters. The molecule has 7 heterocycles. The predicted molar refractivity (Wildman–Crippen MR) is 255 cm³/mol. The lowest BCUT2D eigenvalue weighted by molar-refractivity contribution is -0.0366. The number of thiophene rings is 1. The summed E-state index contributed by atoms with van der Waals surface area (Å²) in [6.45, 7) is 21.4. The highest BCUT2D eigenvalue weighted by Crippen LogP contribution is 2.48. The van der Waals surface area contributed by atoms with Crippen molar-refractivity contribution in [3.63, 3.8) is 0 Å². The summed E-state index contributed by atoms with van der Waals surface area (Å²) >= 11 is 3.12. The molecule has 0 spiro atoms. The number of carbonyl (C=O) groups excluding carboxylic acids is 1. The highest BCUT2D eigenvalue weighted by Gasteiger charge is 2.45. The molecule has 9 rings (SSSR count). The highest BCUT2D eigenvalue weighted by atomic mass is 32.2. The second kappa shape index (κ2) is 16.4. The molecule has 4 aromatic heterocycles. The van der Waals surface area contributed by atoms with Crippen LogP contribution in [-0.4, -0.2) is 87.4 Å². The third-order valence-corrected chi connectivity index (χ3v) is 21.5. The number of carbonyl (C=O) groups is 1. The fraction of sp³-hybridized carbons (Fsp3) is 0.521. The van der Waals surface area contributed by atoms with Crippen LogP contribution >= 0.6 is 23.1 Å². The molecule has 3 fully saturated rings. The number of aromatic nitrogens is 5. The molecule has 2 aromatic carbocycles. The number of benzene rings is 2. The summed E-state index contributed by atoms with van der Waals surface area (Å²) in [5.41, 5.74) is 7.32. The molecule has 1 amide bonds. The summed E-state index contributed by atoms with van der Waals surface area (Å²) < 4.78 is 31.9. The van der Waals surface area contributed by atoms with E-state index in [0.29, 0.717) is 47.0 Å². The first-order valence-electron chi connectivity index (χ1n) is 22.3. The largest absolute Gasteiger partial charge is 0.444 e. The Morgan fingerprint density at radius 3 is 2.35 bits per heavy atom. The minimum absolute atomic E-state index is 0.0143. The molecular formula is C48H58FN7O3S2Si. The number of anilines is 1. The minimum Gasteiger partial charge on any atom is -0.444 e. The summed E-state index contributed by atoms with van der Waals surface area (Å²) in [5, 5.41) is 10.1. The quantitative estimate of drug-likeness (QED) is 0.0671. The number of ether oxygens (including phenoxy) is 2. The third kappa shape index (κ3) is 7.24. The molecular weight excluding hydrogens is 834 g/mol. The van der Waals surface area contributed by atoms with Crippen molar-refractivity contribution in [1.82, 2.24) is 29.6 Å². The molecule has 326 valence electrons. The number of rotatable bonds is 7. The zero-order valence-electron chi connectivity index (χ0n) is 37.6. The zero-order valence-corrected chi connectivity index (χ0v) is 40.3. The molecule has 0 aliphatic carbocycles. The minimum atomic E-state index is -2.24. The molecule has 3 aliphatic rings. The van der Waals surface area contributed by atoms with Crippen LogP contribution in [0.1, 0.15) is 106 Å². The zero-order chi connectivity index (χ0) is 43.8. The molecule has 0 N–H and O–H groups in total. The van der Waals surface area contributed by atoms with Crippen LogP contribution in [0.5, 0.6) is 0 Å². The van der Waals surface area contributed by atoms with Crippen LogP contribution < -0.4 is 4.90 Å². The lowest BCUT2D eigenvalue weighted by Gasteiger charge is -2.42. The number of piperazine rings is 1. The topological polar surface area (TPSA) is 98.5 Å². The van der Waals surface area contributed by atoms with E-state index in [9.17, 15) is 4.79 Å². The number of thioether (sulfide) groups is 1. The van der Waals surface area contributed by atoms with Crippen LogP contribution in [0.3, 0.4) is 0 Å². The van der Waals surface area contributed by atoms with Gasteiger partial charge in [0.25, 0.3) is 0 Å². The fourth-order valence-corrected chi connectivity index (χ4v) is 17.6. The first kappa shape index (κ1) is 43.0. The van der Waals surface area contributed by atoms with E-state index in [4.69, 9.17) is 29.5 Å². The summed E-state index contributed by atoms with van der Waals surface area (Å²) in [4.78, 5) is 34.1. The lowest BCUT2D eigenvalue weighted by atomic mass is 9.93. The van der Waals surface area contributed by atoms with Crippen molar-refractivity contribution in [2.24, 2.45) is 0 Å². The first-order chi connectivity index (χ1) is 29.6. The van der Waals surface area contributed by atoms with E-state index in [2.05, 4.69) is 70.0 Å². The van der Waals surface area contributed by atoms with E-state index < -0.39 is 13.7 Å². The molecule has 10 nitrogen and oxygen atoms in total. The van der Waals surface area contributed by atoms with Gasteiger partial charge in [-0.2, -0.15) is 5.10 Å². The van der Waals surface area contributed by atoms with Crippen LogP contribution in [0.15, 0.2) is 41.8 Å². The van der Waals surface area contributed by atoms with Crippen molar-refractivity contribution in [3.05, 3.63) is 48.0 Å². The predicted octanol–water partition coefficient (Wildman–Crippen LogP) is 12.1. The Bertz CT molecular complexity index is 2740. The van der Waals surface area contributed by atoms with Gasteiger partial charge in [0.05, 0.1) is 45.1 Å². The molecule has 6 aromatic rings. The Hall–Kier alpha value is -4.29. The molecule has 62 heavy (non-hydrogen) atoms. The Kier molecular flexibility index (Phi) is 11.3. The smallest absolute Gasteiger partial charge is 0.410 e. The van der Waals surface area contributed by atoms with Crippen LogP contribution in [0.2, 0.25) is 16.6 Å². The van der Waals surface area contributed by atoms with Crippen molar-refractivity contribution in [3.8, 4) is 22.7 Å². The maximum absolute atomic E-state index is 16.7. The number of nitrogens with zero attached hydrogens (tertiary/aromatic N) is 7. The monoisotopic (exact) mass is 891 g/mol. The Morgan fingerprint density at radius 2 is 1.71 bits per heavy atom. The van der Waals surface area contributed by atoms with Gasteiger partial charge in [-0.15, -0.1) is 16.9 Å². The molecule has 0 saturated carbocycles. The van der Waals surface area contributed by atoms with Gasteiger partial charge in [0.15, 0.2) is 11.4 Å². The number of amides is 1. The van der Waals surface area contributed by atoms with Gasteiger partial charge < -0.3 is 14.4 Å².